The number of fused-ring (bicyclic) bond motifs is 3. The summed E-state index contributed by atoms with van der Waals surface area (Å²) < 4.78 is 11.8. The molecule has 0 saturated heterocycles. The molecule has 0 amide bonds. The van der Waals surface area contributed by atoms with Crippen LogP contribution in [0.4, 0.5) is 11.6 Å². The second-order valence-corrected chi connectivity index (χ2v) is 10.9. The van der Waals surface area contributed by atoms with Crippen LogP contribution in [0.2, 0.25) is 0 Å². The molecule has 1 atom stereocenters. The van der Waals surface area contributed by atoms with Crippen molar-refractivity contribution >= 4 is 28.4 Å². The van der Waals surface area contributed by atoms with Gasteiger partial charge in [-0.25, -0.2) is 19.7 Å². The molecule has 4 heterocycles. The maximum absolute atomic E-state index is 12.6. The van der Waals surface area contributed by atoms with Gasteiger partial charge >= 0.3 is 5.97 Å². The van der Waals surface area contributed by atoms with Crippen LogP contribution in [0.1, 0.15) is 81.4 Å². The number of esters is 1. The summed E-state index contributed by atoms with van der Waals surface area (Å²) in [6.45, 7) is 8.03. The number of pyridine rings is 3. The molecule has 0 radical (unpaired) electrons. The van der Waals surface area contributed by atoms with Gasteiger partial charge in [0, 0.05) is 17.9 Å². The maximum atomic E-state index is 12.6. The number of aromatic nitrogens is 3. The molecule has 1 aliphatic heterocycles. The van der Waals surface area contributed by atoms with E-state index in [1.54, 1.807) is 18.3 Å². The first-order chi connectivity index (χ1) is 16.6. The molecule has 182 valence electrons. The lowest BCUT2D eigenvalue weighted by atomic mass is 9.80. The van der Waals surface area contributed by atoms with E-state index < -0.39 is 11.1 Å². The second-order valence-electron chi connectivity index (χ2n) is 10.9. The van der Waals surface area contributed by atoms with Crippen LogP contribution >= 0.6 is 0 Å². The van der Waals surface area contributed by atoms with E-state index in [1.807, 2.05) is 33.0 Å². The molecule has 3 aliphatic rings. The molecule has 35 heavy (non-hydrogen) atoms. The van der Waals surface area contributed by atoms with E-state index in [9.17, 15) is 4.79 Å². The van der Waals surface area contributed by atoms with Crippen LogP contribution in [0.25, 0.3) is 10.8 Å². The van der Waals surface area contributed by atoms with Gasteiger partial charge in [-0.3, -0.25) is 0 Å². The van der Waals surface area contributed by atoms with Crippen LogP contribution in [0.15, 0.2) is 30.6 Å². The van der Waals surface area contributed by atoms with Gasteiger partial charge < -0.3 is 20.5 Å². The highest BCUT2D eigenvalue weighted by Crippen LogP contribution is 2.59. The van der Waals surface area contributed by atoms with E-state index in [0.29, 0.717) is 23.1 Å². The van der Waals surface area contributed by atoms with Crippen LogP contribution < -0.4 is 15.8 Å². The lowest BCUT2D eigenvalue weighted by molar-refractivity contribution is -0.0285. The number of cyclic esters (lactones) is 1. The van der Waals surface area contributed by atoms with Gasteiger partial charge in [0.1, 0.15) is 23.3 Å². The number of rotatable bonds is 6. The van der Waals surface area contributed by atoms with Gasteiger partial charge in [0.25, 0.3) is 0 Å². The molecule has 0 bridgehead atoms. The minimum atomic E-state index is -0.574. The van der Waals surface area contributed by atoms with E-state index in [0.717, 1.165) is 54.1 Å². The number of nitrogens with two attached hydrogens (primary N) is 1. The van der Waals surface area contributed by atoms with Crippen molar-refractivity contribution in [2.75, 3.05) is 5.32 Å². The summed E-state index contributed by atoms with van der Waals surface area (Å²) in [6, 6.07) is 5.59. The molecule has 2 saturated carbocycles. The van der Waals surface area contributed by atoms with Gasteiger partial charge in [0.05, 0.1) is 22.1 Å². The Bertz CT molecular complexity index is 1360. The Morgan fingerprint density at radius 1 is 1.17 bits per heavy atom. The number of nitrogens with one attached hydrogen (secondary N) is 1. The zero-order chi connectivity index (χ0) is 24.6. The highest BCUT2D eigenvalue weighted by atomic mass is 16.6. The first-order valence-electron chi connectivity index (χ1n) is 12.4. The number of hydrogen-bond acceptors (Lipinski definition) is 8. The van der Waals surface area contributed by atoms with Gasteiger partial charge in [0.15, 0.2) is 0 Å². The van der Waals surface area contributed by atoms with Gasteiger partial charge in [-0.2, -0.15) is 0 Å². The average Bonchev–Trinajstić information content (AvgIpc) is 3.73. The summed E-state index contributed by atoms with van der Waals surface area (Å²) in [4.78, 5) is 26.7. The van der Waals surface area contributed by atoms with E-state index in [2.05, 4.69) is 22.2 Å². The van der Waals surface area contributed by atoms with Gasteiger partial charge in [-0.1, -0.05) is 6.92 Å². The normalized spacial score (nSPS) is 21.2. The van der Waals surface area contributed by atoms with Crippen LogP contribution in [0, 0.1) is 0 Å². The summed E-state index contributed by atoms with van der Waals surface area (Å²) in [5.74, 6) is 1.57. The van der Waals surface area contributed by atoms with Crippen molar-refractivity contribution in [1.29, 1.82) is 0 Å². The van der Waals surface area contributed by atoms with Crippen molar-refractivity contribution in [3.63, 3.8) is 0 Å². The Hall–Kier alpha value is -3.26. The second kappa shape index (κ2) is 7.37. The van der Waals surface area contributed by atoms with Crippen molar-refractivity contribution in [1.82, 2.24) is 15.0 Å². The predicted molar refractivity (Wildman–Crippen MR) is 133 cm³/mol. The molecule has 6 rings (SSSR count). The largest absolute Gasteiger partial charge is 0.474 e. The zero-order valence-electron chi connectivity index (χ0n) is 20.6. The highest BCUT2D eigenvalue weighted by molar-refractivity contribution is 5.94. The lowest BCUT2D eigenvalue weighted by Crippen LogP contribution is -2.46. The quantitative estimate of drug-likeness (QED) is 0.488. The molecule has 8 heteroatoms. The lowest BCUT2D eigenvalue weighted by Gasteiger charge is -2.39. The fraction of sp³-hybridized carbons (Fsp3) is 0.481. The first kappa shape index (κ1) is 22.2. The summed E-state index contributed by atoms with van der Waals surface area (Å²) in [7, 11) is 0. The third-order valence-corrected chi connectivity index (χ3v) is 7.96. The maximum Gasteiger partial charge on any atom is 0.340 e. The third-order valence-electron chi connectivity index (χ3n) is 7.96. The van der Waals surface area contributed by atoms with Gasteiger partial charge in [-0.15, -0.1) is 0 Å². The first-order valence-corrected chi connectivity index (χ1v) is 12.4. The van der Waals surface area contributed by atoms with Gasteiger partial charge in [0.2, 0.25) is 5.88 Å². The molecule has 1 spiro atoms. The topological polar surface area (TPSA) is 112 Å². The third kappa shape index (κ3) is 3.54. The molecule has 3 aromatic heterocycles. The van der Waals surface area contributed by atoms with E-state index in [-0.39, 0.29) is 17.5 Å². The SMILES string of the molecule is CCC(C)(N)c1cnc(OC2CC2)c2cnc(Nc3ccc4c(n3)C3(CC3)C(C)(C)OC4=O)cc12. The Balaban J connectivity index is 1.40. The fourth-order valence-electron chi connectivity index (χ4n) is 5.09. The molecular weight excluding hydrogens is 442 g/mol. The van der Waals surface area contributed by atoms with Crippen molar-refractivity contribution in [3.05, 3.63) is 47.4 Å². The van der Waals surface area contributed by atoms with Crippen molar-refractivity contribution in [2.24, 2.45) is 5.73 Å². The number of hydrogen-bond donors (Lipinski definition) is 2. The molecule has 0 aromatic carbocycles. The number of nitrogens with zero attached hydrogens (tertiary/aromatic N) is 3. The summed E-state index contributed by atoms with van der Waals surface area (Å²) in [5, 5.41) is 5.16. The monoisotopic (exact) mass is 473 g/mol. The van der Waals surface area contributed by atoms with Gasteiger partial charge in [-0.05, 0) is 82.0 Å². The van der Waals surface area contributed by atoms with Crippen LogP contribution in [0.5, 0.6) is 5.88 Å². The van der Waals surface area contributed by atoms with Crippen LogP contribution in [0.3, 0.4) is 0 Å². The van der Waals surface area contributed by atoms with Crippen molar-refractivity contribution in [3.8, 4) is 5.88 Å². The molecule has 2 aliphatic carbocycles. The zero-order valence-corrected chi connectivity index (χ0v) is 20.6. The minimum absolute atomic E-state index is 0.221. The summed E-state index contributed by atoms with van der Waals surface area (Å²) in [5.41, 5.74) is 7.62. The molecule has 8 nitrogen and oxygen atoms in total. The summed E-state index contributed by atoms with van der Waals surface area (Å²) >= 11 is 0. The Morgan fingerprint density at radius 3 is 2.63 bits per heavy atom. The standard InChI is InChI=1S/C27H31N5O3/c1-5-26(4,28)19-14-30-23(34-15-6-7-15)18-13-29-21(12-17(18)19)31-20-9-8-16-22(32-20)27(10-11-27)25(2,3)35-24(16)33/h8-9,12-15H,5-7,10-11,28H2,1-4H3,(H,29,31,32). The Labute approximate surface area is 204 Å². The number of carbonyl (C=O) groups excluding carboxylic acids is 1. The predicted octanol–water partition coefficient (Wildman–Crippen LogP) is 4.87. The van der Waals surface area contributed by atoms with Crippen molar-refractivity contribution < 1.29 is 14.3 Å². The van der Waals surface area contributed by atoms with E-state index in [4.69, 9.17) is 20.2 Å². The van der Waals surface area contributed by atoms with Crippen molar-refractivity contribution in [2.45, 2.75) is 82.5 Å². The molecular formula is C27H31N5O3. The molecule has 1 unspecified atom stereocenters. The average molecular weight is 474 g/mol. The number of carbonyl (C=O) groups is 1. The Kier molecular flexibility index (Phi) is 4.68. The Morgan fingerprint density at radius 2 is 1.94 bits per heavy atom. The minimum Gasteiger partial charge on any atom is -0.474 e. The molecule has 3 N–H and O–H groups in total. The fourth-order valence-corrected chi connectivity index (χ4v) is 5.09. The molecule has 2 fully saturated rings. The number of ether oxygens (including phenoxy) is 2. The smallest absolute Gasteiger partial charge is 0.340 e. The van der Waals surface area contributed by atoms with E-state index in [1.165, 1.54) is 0 Å². The summed E-state index contributed by atoms with van der Waals surface area (Å²) in [6.07, 6.45) is 8.63. The van der Waals surface area contributed by atoms with Crippen LogP contribution in [-0.2, 0) is 15.7 Å². The van der Waals surface area contributed by atoms with E-state index >= 15 is 0 Å². The van der Waals surface area contributed by atoms with Crippen LogP contribution in [-0.4, -0.2) is 32.6 Å². The highest BCUT2D eigenvalue weighted by Gasteiger charge is 2.63. The number of anilines is 2. The molecule has 3 aromatic rings.